The molecule has 24 atom stereocenters. The number of fused-ring (bicyclic) bond motifs is 1. The third-order valence-corrected chi connectivity index (χ3v) is 12.1. The normalized spacial score (nSPS) is 54.6. The molecule has 0 aromatic heterocycles. The van der Waals surface area contributed by atoms with E-state index < -0.39 is 154 Å². The summed E-state index contributed by atoms with van der Waals surface area (Å²) < 4.78 is 47.5. The van der Waals surface area contributed by atoms with Gasteiger partial charge in [-0.05, 0) is 44.9 Å². The number of rotatable bonds is 10. The fourth-order valence-electron chi connectivity index (χ4n) is 8.81. The second-order valence-electron chi connectivity index (χ2n) is 15.7. The summed E-state index contributed by atoms with van der Waals surface area (Å²) in [6.07, 6.45) is -26.3. The van der Waals surface area contributed by atoms with Gasteiger partial charge in [-0.1, -0.05) is 0 Å². The Balaban J connectivity index is 1.21. The molecule has 24 unspecified atom stereocenters. The third kappa shape index (κ3) is 8.78. The van der Waals surface area contributed by atoms with Crippen molar-refractivity contribution >= 4 is 0 Å². The fourth-order valence-corrected chi connectivity index (χ4v) is 8.81. The molecule has 314 valence electrons. The Hall–Kier alpha value is -0.800. The van der Waals surface area contributed by atoms with Gasteiger partial charge in [0.05, 0.1) is 62.0 Å². The third-order valence-electron chi connectivity index (χ3n) is 12.1. The summed E-state index contributed by atoms with van der Waals surface area (Å²) in [5, 5.41) is 126. The van der Waals surface area contributed by atoms with E-state index in [4.69, 9.17) is 37.9 Å². The van der Waals surface area contributed by atoms with E-state index in [2.05, 4.69) is 0 Å². The predicted molar refractivity (Wildman–Crippen MR) is 175 cm³/mol. The number of hydrogen-bond donors (Lipinski definition) is 12. The molecule has 0 spiro atoms. The van der Waals surface area contributed by atoms with Gasteiger partial charge < -0.3 is 99.2 Å². The number of aliphatic hydroxyl groups excluding tert-OH is 12. The van der Waals surface area contributed by atoms with E-state index in [1.54, 1.807) is 0 Å². The first-order valence-electron chi connectivity index (χ1n) is 18.8. The maximum absolute atomic E-state index is 11.1. The van der Waals surface area contributed by atoms with Crippen molar-refractivity contribution in [3.8, 4) is 0 Å². The van der Waals surface area contributed by atoms with Gasteiger partial charge in [0, 0.05) is 19.4 Å². The highest BCUT2D eigenvalue weighted by Crippen LogP contribution is 2.45. The molecule has 2 aliphatic carbocycles. The summed E-state index contributed by atoms with van der Waals surface area (Å²) in [7, 11) is 1.49. The maximum Gasteiger partial charge on any atom is 0.187 e. The van der Waals surface area contributed by atoms with Gasteiger partial charge >= 0.3 is 0 Å². The minimum absolute atomic E-state index is 0.0601. The van der Waals surface area contributed by atoms with Crippen LogP contribution in [0.4, 0.5) is 0 Å². The summed E-state index contributed by atoms with van der Waals surface area (Å²) >= 11 is 0. The molecule has 4 saturated heterocycles. The van der Waals surface area contributed by atoms with Crippen molar-refractivity contribution in [3.05, 3.63) is 0 Å². The molecule has 0 aromatic carbocycles. The number of aliphatic hydroxyl groups is 12. The Kier molecular flexibility index (Phi) is 14.3. The van der Waals surface area contributed by atoms with Crippen LogP contribution < -0.4 is 0 Å². The van der Waals surface area contributed by atoms with Crippen LogP contribution in [0, 0.1) is 11.8 Å². The molecule has 2 saturated carbocycles. The van der Waals surface area contributed by atoms with Crippen LogP contribution in [0.1, 0.15) is 45.4 Å². The zero-order chi connectivity index (χ0) is 39.2. The summed E-state index contributed by atoms with van der Waals surface area (Å²) in [6.45, 7) is 0.298. The highest BCUT2D eigenvalue weighted by atomic mass is 16.7. The Morgan fingerprint density at radius 1 is 0.556 bits per heavy atom. The van der Waals surface area contributed by atoms with Crippen LogP contribution >= 0.6 is 0 Å². The molecule has 6 aliphatic rings. The second-order valence-corrected chi connectivity index (χ2v) is 15.7. The lowest BCUT2D eigenvalue weighted by atomic mass is 9.72. The average molecular weight is 787 g/mol. The molecule has 20 nitrogen and oxygen atoms in total. The number of hydrogen-bond acceptors (Lipinski definition) is 20. The first-order chi connectivity index (χ1) is 25.6. The van der Waals surface area contributed by atoms with Gasteiger partial charge in [0.25, 0.3) is 0 Å². The zero-order valence-corrected chi connectivity index (χ0v) is 30.1. The molecule has 0 radical (unpaired) electrons. The number of methoxy groups -OCH3 is 1. The predicted octanol–water partition coefficient (Wildman–Crippen LogP) is -5.69. The van der Waals surface area contributed by atoms with Gasteiger partial charge in [-0.15, -0.1) is 0 Å². The monoisotopic (exact) mass is 786 g/mol. The summed E-state index contributed by atoms with van der Waals surface area (Å²) in [5.41, 5.74) is 0. The van der Waals surface area contributed by atoms with Crippen LogP contribution in [-0.4, -0.2) is 216 Å². The van der Waals surface area contributed by atoms with Gasteiger partial charge in [-0.3, -0.25) is 0 Å². The van der Waals surface area contributed by atoms with Gasteiger partial charge in [0.2, 0.25) is 0 Å². The van der Waals surface area contributed by atoms with Crippen molar-refractivity contribution in [2.75, 3.05) is 20.3 Å². The van der Waals surface area contributed by atoms with E-state index in [1.807, 2.05) is 0 Å². The van der Waals surface area contributed by atoms with Gasteiger partial charge in [0.15, 0.2) is 18.9 Å². The summed E-state index contributed by atoms with van der Waals surface area (Å²) in [6, 6.07) is 0. The first kappa shape index (κ1) is 42.8. The van der Waals surface area contributed by atoms with Gasteiger partial charge in [0.1, 0.15) is 67.1 Å². The molecule has 0 aromatic rings. The average Bonchev–Trinajstić information content (AvgIpc) is 3.15. The standard InChI is InChI=1S/C34H58O20/c1-11-22(38)25(41)28(44)32(49-11)48-10-21-24(40)27(43)30(46)34(54-21)52-19-8-14-16(50-31(19)12-3-4-15(37)18(5-12)47-2)6-13(36)7-17(14)51-33-29(45)26(42)23(39)20(9-35)53-33/h11-46H,3-10H2,1-2H3. The van der Waals surface area contributed by atoms with Crippen LogP contribution in [0.25, 0.3) is 0 Å². The zero-order valence-electron chi connectivity index (χ0n) is 30.1. The molecule has 20 heteroatoms. The largest absolute Gasteiger partial charge is 0.394 e. The van der Waals surface area contributed by atoms with Crippen molar-refractivity contribution < 1.29 is 99.2 Å². The number of ether oxygens (including phenoxy) is 8. The highest BCUT2D eigenvalue weighted by Gasteiger charge is 2.54. The van der Waals surface area contributed by atoms with Gasteiger partial charge in [-0.2, -0.15) is 0 Å². The minimum atomic E-state index is -1.79. The lowest BCUT2D eigenvalue weighted by Crippen LogP contribution is -2.63. The van der Waals surface area contributed by atoms with Crippen LogP contribution in [0.2, 0.25) is 0 Å². The topological polar surface area (TPSA) is 317 Å². The molecule has 0 amide bonds. The van der Waals surface area contributed by atoms with Crippen molar-refractivity contribution in [2.45, 2.75) is 180 Å². The molecule has 6 rings (SSSR count). The SMILES string of the molecule is COC1CC(C2OC3CC(O)CC(OC4OC(CO)C(O)C(O)C4O)C3CC2OC2OC(COC3OC(C)C(O)C(O)C3O)C(O)C(O)C2O)CCC1O. The lowest BCUT2D eigenvalue weighted by molar-refractivity contribution is -0.351. The van der Waals surface area contributed by atoms with E-state index in [-0.39, 0.29) is 25.2 Å². The van der Waals surface area contributed by atoms with Crippen LogP contribution in [0.5, 0.6) is 0 Å². The van der Waals surface area contributed by atoms with E-state index in [1.165, 1.54) is 14.0 Å². The molecular weight excluding hydrogens is 728 g/mol. The quantitative estimate of drug-likeness (QED) is 0.0982. The van der Waals surface area contributed by atoms with E-state index in [0.717, 1.165) is 0 Å². The van der Waals surface area contributed by atoms with Crippen LogP contribution in [-0.2, 0) is 37.9 Å². The van der Waals surface area contributed by atoms with Crippen LogP contribution in [0.3, 0.4) is 0 Å². The molecular formula is C34H58O20. The maximum atomic E-state index is 11.1. The minimum Gasteiger partial charge on any atom is -0.394 e. The Morgan fingerprint density at radius 2 is 1.15 bits per heavy atom. The van der Waals surface area contributed by atoms with Crippen molar-refractivity contribution in [3.63, 3.8) is 0 Å². The molecule has 6 fully saturated rings. The van der Waals surface area contributed by atoms with E-state index in [9.17, 15) is 61.3 Å². The Morgan fingerprint density at radius 3 is 1.80 bits per heavy atom. The van der Waals surface area contributed by atoms with E-state index >= 15 is 0 Å². The lowest BCUT2D eigenvalue weighted by Gasteiger charge is -2.52. The molecule has 4 heterocycles. The summed E-state index contributed by atoms with van der Waals surface area (Å²) in [5.74, 6) is -0.796. The van der Waals surface area contributed by atoms with Crippen molar-refractivity contribution in [1.29, 1.82) is 0 Å². The smallest absolute Gasteiger partial charge is 0.187 e. The first-order valence-corrected chi connectivity index (χ1v) is 18.8. The molecule has 54 heavy (non-hydrogen) atoms. The molecule has 0 bridgehead atoms. The summed E-state index contributed by atoms with van der Waals surface area (Å²) in [4.78, 5) is 0. The highest BCUT2D eigenvalue weighted by molar-refractivity contribution is 5.00. The fraction of sp³-hybridized carbons (Fsp3) is 1.00. The molecule has 12 N–H and O–H groups in total. The second kappa shape index (κ2) is 18.0. The van der Waals surface area contributed by atoms with Crippen molar-refractivity contribution in [2.24, 2.45) is 11.8 Å². The van der Waals surface area contributed by atoms with Gasteiger partial charge in [-0.25, -0.2) is 0 Å². The van der Waals surface area contributed by atoms with E-state index in [0.29, 0.717) is 19.3 Å². The Labute approximate surface area is 311 Å². The van der Waals surface area contributed by atoms with Crippen LogP contribution in [0.15, 0.2) is 0 Å². The van der Waals surface area contributed by atoms with Crippen molar-refractivity contribution in [1.82, 2.24) is 0 Å². The molecule has 4 aliphatic heterocycles. The Bertz CT molecular complexity index is 1190.